The van der Waals surface area contributed by atoms with Gasteiger partial charge in [0.1, 0.15) is 6.07 Å². The highest BCUT2D eigenvalue weighted by atomic mass is 16.2. The number of amides is 1. The van der Waals surface area contributed by atoms with E-state index in [-0.39, 0.29) is 11.9 Å². The minimum absolute atomic E-state index is 0.119. The SMILES string of the molecule is Cc1cc(C)c(C(=O)N2CCN(c3ccccc3)[C@@H](C)C2)cc1NC1CCN(c2ccccc2C#N)CC1. The summed E-state index contributed by atoms with van der Waals surface area (Å²) >= 11 is 0. The third kappa shape index (κ3) is 5.33. The van der Waals surface area contributed by atoms with Crippen molar-refractivity contribution in [1.29, 1.82) is 5.26 Å². The van der Waals surface area contributed by atoms with Gasteiger partial charge >= 0.3 is 0 Å². The second-order valence-electron chi connectivity index (χ2n) is 10.6. The molecule has 2 aliphatic heterocycles. The Morgan fingerprint density at radius 2 is 1.63 bits per heavy atom. The lowest BCUT2D eigenvalue weighted by molar-refractivity contribution is 0.0725. The largest absolute Gasteiger partial charge is 0.382 e. The highest BCUT2D eigenvalue weighted by Crippen LogP contribution is 2.28. The van der Waals surface area contributed by atoms with E-state index >= 15 is 0 Å². The Morgan fingerprint density at radius 3 is 2.34 bits per heavy atom. The van der Waals surface area contributed by atoms with E-state index in [0.717, 1.165) is 67.1 Å². The predicted octanol–water partition coefficient (Wildman–Crippen LogP) is 5.61. The van der Waals surface area contributed by atoms with Crippen molar-refractivity contribution in [1.82, 2.24) is 4.90 Å². The summed E-state index contributed by atoms with van der Waals surface area (Å²) in [5.41, 5.74) is 7.00. The molecule has 2 aliphatic rings. The molecule has 1 atom stereocenters. The highest BCUT2D eigenvalue weighted by molar-refractivity contribution is 5.97. The average Bonchev–Trinajstić information content (AvgIpc) is 2.95. The summed E-state index contributed by atoms with van der Waals surface area (Å²) in [5, 5.41) is 13.2. The Bertz CT molecular complexity index is 1320. The molecule has 0 unspecified atom stereocenters. The molecule has 0 bridgehead atoms. The number of nitrogens with one attached hydrogen (secondary N) is 1. The Labute approximate surface area is 226 Å². The zero-order valence-corrected chi connectivity index (χ0v) is 22.7. The number of piperazine rings is 1. The van der Waals surface area contributed by atoms with Gasteiger partial charge in [0.2, 0.25) is 0 Å². The first-order valence-electron chi connectivity index (χ1n) is 13.7. The lowest BCUT2D eigenvalue weighted by Crippen LogP contribution is -2.53. The zero-order valence-electron chi connectivity index (χ0n) is 22.7. The van der Waals surface area contributed by atoms with Crippen molar-refractivity contribution in [3.63, 3.8) is 0 Å². The highest BCUT2D eigenvalue weighted by Gasteiger charge is 2.29. The third-order valence-corrected chi connectivity index (χ3v) is 8.02. The Hall–Kier alpha value is -3.98. The van der Waals surface area contributed by atoms with Crippen molar-refractivity contribution in [3.05, 3.63) is 89.0 Å². The van der Waals surface area contributed by atoms with Crippen LogP contribution in [0.5, 0.6) is 0 Å². The number of carbonyl (C=O) groups is 1. The first-order chi connectivity index (χ1) is 18.4. The molecule has 6 nitrogen and oxygen atoms in total. The molecule has 0 spiro atoms. The standard InChI is InChI=1S/C32H37N5O/c1-23-19-24(2)30(34-27-13-15-35(16-14-27)31-12-8-7-9-26(31)21-33)20-29(23)32(38)36-17-18-37(25(3)22-36)28-10-5-4-6-11-28/h4-12,19-20,25,27,34H,13-18,22H2,1-3H3/t25-/m0/s1. The van der Waals surface area contributed by atoms with Gasteiger partial charge in [-0.2, -0.15) is 5.26 Å². The first kappa shape index (κ1) is 25.7. The summed E-state index contributed by atoms with van der Waals surface area (Å²) in [6.45, 7) is 10.4. The molecule has 2 heterocycles. The molecule has 0 saturated carbocycles. The fraction of sp³-hybridized carbons (Fsp3) is 0.375. The van der Waals surface area contributed by atoms with Crippen molar-refractivity contribution in [2.75, 3.05) is 47.8 Å². The zero-order chi connectivity index (χ0) is 26.6. The minimum atomic E-state index is 0.119. The van der Waals surface area contributed by atoms with Gasteiger partial charge in [-0.25, -0.2) is 0 Å². The van der Waals surface area contributed by atoms with E-state index in [1.807, 2.05) is 42.2 Å². The normalized spacial score (nSPS) is 18.3. The van der Waals surface area contributed by atoms with Crippen LogP contribution in [0.1, 0.15) is 46.8 Å². The maximum absolute atomic E-state index is 13.7. The topological polar surface area (TPSA) is 62.6 Å². The van der Waals surface area contributed by atoms with Crippen LogP contribution in [0.15, 0.2) is 66.7 Å². The van der Waals surface area contributed by atoms with Gasteiger partial charge in [0.15, 0.2) is 0 Å². The van der Waals surface area contributed by atoms with E-state index in [9.17, 15) is 10.1 Å². The molecule has 1 N–H and O–H groups in total. The molecule has 38 heavy (non-hydrogen) atoms. The summed E-state index contributed by atoms with van der Waals surface area (Å²) in [6.07, 6.45) is 1.96. The van der Waals surface area contributed by atoms with Gasteiger partial charge in [-0.3, -0.25) is 4.79 Å². The van der Waals surface area contributed by atoms with Crippen molar-refractivity contribution in [2.45, 2.75) is 45.7 Å². The van der Waals surface area contributed by atoms with E-state index in [4.69, 9.17) is 0 Å². The number of para-hydroxylation sites is 2. The summed E-state index contributed by atoms with van der Waals surface area (Å²) in [7, 11) is 0. The molecule has 0 radical (unpaired) electrons. The number of hydrogen-bond acceptors (Lipinski definition) is 5. The van der Waals surface area contributed by atoms with Crippen molar-refractivity contribution < 1.29 is 4.79 Å². The van der Waals surface area contributed by atoms with E-state index in [1.54, 1.807) is 0 Å². The maximum Gasteiger partial charge on any atom is 0.254 e. The molecule has 2 saturated heterocycles. The number of piperidine rings is 1. The second-order valence-corrected chi connectivity index (χ2v) is 10.6. The lowest BCUT2D eigenvalue weighted by atomic mass is 9.99. The van der Waals surface area contributed by atoms with Crippen LogP contribution in [0.4, 0.5) is 17.1 Å². The van der Waals surface area contributed by atoms with Gasteiger partial charge in [-0.05, 0) is 75.1 Å². The molecule has 3 aromatic rings. The molecule has 5 rings (SSSR count). The number of anilines is 3. The quantitative estimate of drug-likeness (QED) is 0.487. The summed E-state index contributed by atoms with van der Waals surface area (Å²) in [4.78, 5) is 20.4. The van der Waals surface area contributed by atoms with Crippen LogP contribution in [0.2, 0.25) is 0 Å². The molecule has 0 aromatic heterocycles. The summed E-state index contributed by atoms with van der Waals surface area (Å²) in [6, 6.07) is 25.4. The molecular formula is C32H37N5O. The van der Waals surface area contributed by atoms with Gasteiger partial charge in [0.25, 0.3) is 5.91 Å². The fourth-order valence-electron chi connectivity index (χ4n) is 5.88. The van der Waals surface area contributed by atoms with Gasteiger partial charge in [-0.1, -0.05) is 36.4 Å². The van der Waals surface area contributed by atoms with Crippen LogP contribution in [-0.2, 0) is 0 Å². The first-order valence-corrected chi connectivity index (χ1v) is 13.7. The average molecular weight is 508 g/mol. The lowest BCUT2D eigenvalue weighted by Gasteiger charge is -2.41. The Morgan fingerprint density at radius 1 is 0.921 bits per heavy atom. The minimum Gasteiger partial charge on any atom is -0.382 e. The number of nitrogens with zero attached hydrogens (tertiary/aromatic N) is 4. The number of aryl methyl sites for hydroxylation is 2. The molecule has 3 aromatic carbocycles. The third-order valence-electron chi connectivity index (χ3n) is 8.02. The van der Waals surface area contributed by atoms with Crippen LogP contribution in [-0.4, -0.2) is 55.6 Å². The number of hydrogen-bond donors (Lipinski definition) is 1. The number of nitriles is 1. The van der Waals surface area contributed by atoms with Crippen molar-refractivity contribution in [2.24, 2.45) is 0 Å². The van der Waals surface area contributed by atoms with Gasteiger partial charge in [-0.15, -0.1) is 0 Å². The van der Waals surface area contributed by atoms with Gasteiger partial charge in [0.05, 0.1) is 11.3 Å². The van der Waals surface area contributed by atoms with Crippen LogP contribution >= 0.6 is 0 Å². The van der Waals surface area contributed by atoms with Crippen LogP contribution < -0.4 is 15.1 Å². The van der Waals surface area contributed by atoms with Crippen molar-refractivity contribution in [3.8, 4) is 6.07 Å². The van der Waals surface area contributed by atoms with Gasteiger partial charge in [0, 0.05) is 61.7 Å². The number of rotatable bonds is 5. The van der Waals surface area contributed by atoms with Crippen LogP contribution in [0.25, 0.3) is 0 Å². The number of benzene rings is 3. The van der Waals surface area contributed by atoms with E-state index in [2.05, 4.69) is 71.4 Å². The molecule has 1 amide bonds. The smallest absolute Gasteiger partial charge is 0.254 e. The monoisotopic (exact) mass is 507 g/mol. The van der Waals surface area contributed by atoms with Gasteiger partial charge < -0.3 is 20.0 Å². The summed E-state index contributed by atoms with van der Waals surface area (Å²) in [5.74, 6) is 0.119. The molecule has 6 heteroatoms. The molecule has 196 valence electrons. The molecular weight excluding hydrogens is 470 g/mol. The molecule has 0 aliphatic carbocycles. The second kappa shape index (κ2) is 11.2. The van der Waals surface area contributed by atoms with E-state index in [0.29, 0.717) is 12.6 Å². The van der Waals surface area contributed by atoms with Crippen molar-refractivity contribution >= 4 is 23.0 Å². The number of carbonyl (C=O) groups excluding carboxylic acids is 1. The summed E-state index contributed by atoms with van der Waals surface area (Å²) < 4.78 is 0. The van der Waals surface area contributed by atoms with E-state index in [1.165, 1.54) is 11.3 Å². The maximum atomic E-state index is 13.7. The predicted molar refractivity (Wildman–Crippen MR) is 155 cm³/mol. The Kier molecular flexibility index (Phi) is 7.55. The fourth-order valence-corrected chi connectivity index (χ4v) is 5.88. The van der Waals surface area contributed by atoms with Crippen LogP contribution in [0.3, 0.4) is 0 Å². The molecule has 2 fully saturated rings. The van der Waals surface area contributed by atoms with E-state index < -0.39 is 0 Å². The van der Waals surface area contributed by atoms with Crippen LogP contribution in [0, 0.1) is 25.2 Å². The Balaban J connectivity index is 1.24.